The lowest BCUT2D eigenvalue weighted by atomic mass is 10.1. The van der Waals surface area contributed by atoms with Crippen molar-refractivity contribution in [2.24, 2.45) is 0 Å². The molecule has 5 nitrogen and oxygen atoms in total. The second-order valence-electron chi connectivity index (χ2n) is 5.54. The first-order valence-corrected chi connectivity index (χ1v) is 7.44. The third-order valence-electron chi connectivity index (χ3n) is 3.96. The van der Waals surface area contributed by atoms with Crippen LogP contribution in [0.4, 0.5) is 0 Å². The number of ether oxygens (including phenoxy) is 2. The molecule has 1 aromatic carbocycles. The van der Waals surface area contributed by atoms with Crippen molar-refractivity contribution in [3.63, 3.8) is 0 Å². The van der Waals surface area contributed by atoms with Gasteiger partial charge in [-0.05, 0) is 30.7 Å². The van der Waals surface area contributed by atoms with E-state index in [4.69, 9.17) is 21.1 Å². The molecule has 2 aliphatic rings. The van der Waals surface area contributed by atoms with Crippen LogP contribution in [0.5, 0.6) is 5.75 Å². The number of hydrogen-bond donors (Lipinski definition) is 1. The number of nitrogens with zero attached hydrogens (tertiary/aromatic N) is 1. The van der Waals surface area contributed by atoms with Crippen LogP contribution in [0.15, 0.2) is 18.2 Å². The predicted octanol–water partition coefficient (Wildman–Crippen LogP) is 1.25. The van der Waals surface area contributed by atoms with E-state index in [-0.39, 0.29) is 24.7 Å². The molecule has 1 amide bonds. The lowest BCUT2D eigenvalue weighted by molar-refractivity contribution is -0.152. The third-order valence-corrected chi connectivity index (χ3v) is 4.20. The minimum atomic E-state index is -0.515. The Morgan fingerprint density at radius 2 is 2.33 bits per heavy atom. The molecule has 3 rings (SSSR count). The zero-order valence-electron chi connectivity index (χ0n) is 11.8. The summed E-state index contributed by atoms with van der Waals surface area (Å²) in [5.74, 6) is 0.661. The molecule has 1 saturated heterocycles. The van der Waals surface area contributed by atoms with Gasteiger partial charge in [0.05, 0.1) is 25.4 Å². The molecule has 0 spiro atoms. The predicted molar refractivity (Wildman–Crippen MR) is 77.6 cm³/mol. The summed E-state index contributed by atoms with van der Waals surface area (Å²) in [4.78, 5) is 14.4. The molecule has 6 heteroatoms. The first-order chi connectivity index (χ1) is 10.1. The summed E-state index contributed by atoms with van der Waals surface area (Å²) in [6, 6.07) is 5.37. The number of amides is 1. The van der Waals surface area contributed by atoms with E-state index in [1.165, 1.54) is 0 Å². The van der Waals surface area contributed by atoms with Crippen molar-refractivity contribution in [3.8, 4) is 5.75 Å². The molecular formula is C15H18ClNO4. The first-order valence-electron chi connectivity index (χ1n) is 7.06. The standard InChI is InChI=1S/C15H18ClNO4/c1-9-8-20-12(7-18)6-17(9)15(19)14-5-10-4-11(16)2-3-13(10)21-14/h2-4,9,12,14,18H,5-8H2,1H3. The van der Waals surface area contributed by atoms with E-state index < -0.39 is 6.10 Å². The number of carbonyl (C=O) groups is 1. The molecule has 3 unspecified atom stereocenters. The Bertz CT molecular complexity index is 550. The van der Waals surface area contributed by atoms with E-state index >= 15 is 0 Å². The molecule has 0 bridgehead atoms. The fourth-order valence-corrected chi connectivity index (χ4v) is 2.97. The Morgan fingerprint density at radius 3 is 3.10 bits per heavy atom. The highest BCUT2D eigenvalue weighted by Crippen LogP contribution is 2.32. The molecule has 2 heterocycles. The van der Waals surface area contributed by atoms with Crippen LogP contribution < -0.4 is 4.74 Å². The van der Waals surface area contributed by atoms with Gasteiger partial charge in [-0.2, -0.15) is 0 Å². The molecular weight excluding hydrogens is 294 g/mol. The molecule has 0 saturated carbocycles. The van der Waals surface area contributed by atoms with Crippen LogP contribution in [0.3, 0.4) is 0 Å². The number of halogens is 1. The van der Waals surface area contributed by atoms with Crippen molar-refractivity contribution >= 4 is 17.5 Å². The molecule has 0 radical (unpaired) electrons. The molecule has 0 aliphatic carbocycles. The number of fused-ring (bicyclic) bond motifs is 1. The SMILES string of the molecule is CC1COC(CO)CN1C(=O)C1Cc2cc(Cl)ccc2O1. The highest BCUT2D eigenvalue weighted by Gasteiger charge is 2.37. The number of benzene rings is 1. The van der Waals surface area contributed by atoms with Crippen LogP contribution in [-0.2, 0) is 16.0 Å². The number of aliphatic hydroxyl groups is 1. The molecule has 1 aromatic rings. The van der Waals surface area contributed by atoms with Gasteiger partial charge in [0.25, 0.3) is 5.91 Å². The third kappa shape index (κ3) is 2.86. The molecule has 114 valence electrons. The van der Waals surface area contributed by atoms with Gasteiger partial charge in [-0.1, -0.05) is 11.6 Å². The van der Waals surface area contributed by atoms with Crippen molar-refractivity contribution in [2.45, 2.75) is 31.6 Å². The van der Waals surface area contributed by atoms with Gasteiger partial charge in [-0.15, -0.1) is 0 Å². The molecule has 1 N–H and O–H groups in total. The monoisotopic (exact) mass is 311 g/mol. The van der Waals surface area contributed by atoms with Gasteiger partial charge in [-0.25, -0.2) is 0 Å². The summed E-state index contributed by atoms with van der Waals surface area (Å²) < 4.78 is 11.2. The van der Waals surface area contributed by atoms with E-state index in [0.29, 0.717) is 24.6 Å². The minimum absolute atomic E-state index is 0.0174. The van der Waals surface area contributed by atoms with E-state index in [1.54, 1.807) is 17.0 Å². The highest BCUT2D eigenvalue weighted by molar-refractivity contribution is 6.30. The van der Waals surface area contributed by atoms with Gasteiger partial charge in [0.15, 0.2) is 6.10 Å². The summed E-state index contributed by atoms with van der Waals surface area (Å²) in [6.07, 6.45) is -0.301. The summed E-state index contributed by atoms with van der Waals surface area (Å²) in [5.41, 5.74) is 0.959. The van der Waals surface area contributed by atoms with Crippen LogP contribution in [0.2, 0.25) is 5.02 Å². The molecule has 21 heavy (non-hydrogen) atoms. The van der Waals surface area contributed by atoms with Gasteiger partial charge >= 0.3 is 0 Å². The first kappa shape index (κ1) is 14.6. The van der Waals surface area contributed by atoms with Crippen LogP contribution in [0, 0.1) is 0 Å². The molecule has 3 atom stereocenters. The molecule has 2 aliphatic heterocycles. The largest absolute Gasteiger partial charge is 0.480 e. The zero-order valence-corrected chi connectivity index (χ0v) is 12.5. The van der Waals surface area contributed by atoms with Gasteiger partial charge in [0.1, 0.15) is 5.75 Å². The Labute approximate surface area is 128 Å². The average Bonchev–Trinajstić information content (AvgIpc) is 2.90. The Kier molecular flexibility index (Phi) is 4.06. The lowest BCUT2D eigenvalue weighted by Crippen LogP contribution is -2.55. The van der Waals surface area contributed by atoms with E-state index in [1.807, 2.05) is 13.0 Å². The van der Waals surface area contributed by atoms with Crippen LogP contribution in [0.25, 0.3) is 0 Å². The minimum Gasteiger partial charge on any atom is -0.480 e. The Morgan fingerprint density at radius 1 is 1.52 bits per heavy atom. The number of hydrogen-bond acceptors (Lipinski definition) is 4. The molecule has 0 aromatic heterocycles. The van der Waals surface area contributed by atoms with Crippen molar-refractivity contribution in [1.29, 1.82) is 0 Å². The quantitative estimate of drug-likeness (QED) is 0.893. The number of rotatable bonds is 2. The lowest BCUT2D eigenvalue weighted by Gasteiger charge is -2.38. The van der Waals surface area contributed by atoms with E-state index in [9.17, 15) is 9.90 Å². The summed E-state index contributed by atoms with van der Waals surface area (Å²) in [5, 5.41) is 9.85. The van der Waals surface area contributed by atoms with Gasteiger partial charge in [-0.3, -0.25) is 4.79 Å². The zero-order chi connectivity index (χ0) is 15.0. The number of aliphatic hydroxyl groups excluding tert-OH is 1. The fourth-order valence-electron chi connectivity index (χ4n) is 2.77. The van der Waals surface area contributed by atoms with E-state index in [0.717, 1.165) is 11.3 Å². The van der Waals surface area contributed by atoms with Crippen molar-refractivity contribution < 1.29 is 19.4 Å². The molecule has 1 fully saturated rings. The maximum atomic E-state index is 12.7. The average molecular weight is 312 g/mol. The normalized spacial score (nSPS) is 28.1. The Balaban J connectivity index is 1.72. The van der Waals surface area contributed by atoms with Crippen LogP contribution in [-0.4, -0.2) is 53.9 Å². The highest BCUT2D eigenvalue weighted by atomic mass is 35.5. The van der Waals surface area contributed by atoms with Crippen LogP contribution >= 0.6 is 11.6 Å². The van der Waals surface area contributed by atoms with Gasteiger partial charge < -0.3 is 19.5 Å². The van der Waals surface area contributed by atoms with Gasteiger partial charge in [0.2, 0.25) is 0 Å². The maximum absolute atomic E-state index is 12.7. The van der Waals surface area contributed by atoms with Crippen LogP contribution in [0.1, 0.15) is 12.5 Å². The maximum Gasteiger partial charge on any atom is 0.264 e. The number of morpholine rings is 1. The van der Waals surface area contributed by atoms with Crippen molar-refractivity contribution in [2.75, 3.05) is 19.8 Å². The summed E-state index contributed by atoms with van der Waals surface area (Å²) >= 11 is 5.97. The van der Waals surface area contributed by atoms with Crippen molar-refractivity contribution in [3.05, 3.63) is 28.8 Å². The van der Waals surface area contributed by atoms with Crippen molar-refractivity contribution in [1.82, 2.24) is 4.90 Å². The summed E-state index contributed by atoms with van der Waals surface area (Å²) in [6.45, 7) is 2.68. The topological polar surface area (TPSA) is 59.0 Å². The van der Waals surface area contributed by atoms with E-state index in [2.05, 4.69) is 0 Å². The summed E-state index contributed by atoms with van der Waals surface area (Å²) in [7, 11) is 0. The Hall–Kier alpha value is -1.30. The smallest absolute Gasteiger partial charge is 0.264 e. The fraction of sp³-hybridized carbons (Fsp3) is 0.533. The second kappa shape index (κ2) is 5.83. The number of carbonyl (C=O) groups excluding carboxylic acids is 1. The van der Waals surface area contributed by atoms with Gasteiger partial charge in [0, 0.05) is 18.0 Å². The second-order valence-corrected chi connectivity index (χ2v) is 5.98.